The van der Waals surface area contributed by atoms with E-state index in [-0.39, 0.29) is 23.4 Å². The Labute approximate surface area is 156 Å². The molecule has 0 radical (unpaired) electrons. The first-order chi connectivity index (χ1) is 12.3. The standard InChI is InChI=1S/C8H10FN3O3S.C7H6O3.H2O/c9-4-1-12(8(14)11-7(4)10)5-3-16-6(2-13)15-5;8-6-4-2-1-3-5(6)7(9)10;/h1,5-6,13H,2-3H2,(H2,10,11,14);1-4,8H,(H,9,10);1H2/t5-,6+;;/m0../s1. The van der Waals surface area contributed by atoms with Gasteiger partial charge in [-0.25, -0.2) is 14.0 Å². The van der Waals surface area contributed by atoms with Crippen molar-refractivity contribution in [2.45, 2.75) is 11.7 Å². The summed E-state index contributed by atoms with van der Waals surface area (Å²) >= 11 is 1.35. The Morgan fingerprint density at radius 3 is 2.63 bits per heavy atom. The van der Waals surface area contributed by atoms with Crippen LogP contribution < -0.4 is 11.4 Å². The molecule has 10 nitrogen and oxygen atoms in total. The molecule has 12 heteroatoms. The van der Waals surface area contributed by atoms with E-state index in [9.17, 15) is 14.0 Å². The first-order valence-corrected chi connectivity index (χ1v) is 8.31. The largest absolute Gasteiger partial charge is 0.507 e. The van der Waals surface area contributed by atoms with Gasteiger partial charge in [-0.15, -0.1) is 11.8 Å². The molecule has 2 heterocycles. The predicted octanol–water partition coefficient (Wildman–Crippen LogP) is -0.189. The fourth-order valence-corrected chi connectivity index (χ4v) is 2.93. The van der Waals surface area contributed by atoms with Gasteiger partial charge in [0.1, 0.15) is 23.0 Å². The van der Waals surface area contributed by atoms with Gasteiger partial charge in [-0.05, 0) is 12.1 Å². The molecule has 1 fully saturated rings. The van der Waals surface area contributed by atoms with Crippen molar-refractivity contribution in [1.29, 1.82) is 0 Å². The van der Waals surface area contributed by atoms with Crippen LogP contribution in [0.3, 0.4) is 0 Å². The van der Waals surface area contributed by atoms with Crippen LogP contribution in [0.5, 0.6) is 5.75 Å². The molecule has 1 saturated heterocycles. The van der Waals surface area contributed by atoms with Gasteiger partial charge in [0.15, 0.2) is 11.6 Å². The maximum absolute atomic E-state index is 13.1. The molecular weight excluding hydrogens is 385 g/mol. The van der Waals surface area contributed by atoms with Crippen molar-refractivity contribution in [2.75, 3.05) is 18.1 Å². The highest BCUT2D eigenvalue weighted by Gasteiger charge is 2.28. The van der Waals surface area contributed by atoms with E-state index < -0.39 is 35.0 Å². The van der Waals surface area contributed by atoms with Crippen LogP contribution in [0, 0.1) is 5.82 Å². The number of aliphatic hydroxyl groups excluding tert-OH is 1. The number of aliphatic hydroxyl groups is 1. The number of carboxylic acids is 1. The first kappa shape index (κ1) is 22.4. The normalized spacial score (nSPS) is 18.1. The molecule has 2 atom stereocenters. The summed E-state index contributed by atoms with van der Waals surface area (Å²) < 4.78 is 19.5. The van der Waals surface area contributed by atoms with Crippen molar-refractivity contribution < 1.29 is 34.7 Å². The second kappa shape index (κ2) is 9.87. The molecule has 0 saturated carbocycles. The highest BCUT2D eigenvalue weighted by atomic mass is 32.2. The molecule has 0 spiro atoms. The van der Waals surface area contributed by atoms with Gasteiger partial charge >= 0.3 is 11.7 Å². The summed E-state index contributed by atoms with van der Waals surface area (Å²) in [5.41, 5.74) is 4.03. The quantitative estimate of drug-likeness (QED) is 0.540. The lowest BCUT2D eigenvalue weighted by Crippen LogP contribution is -2.29. The van der Waals surface area contributed by atoms with Crippen molar-refractivity contribution in [3.05, 3.63) is 52.3 Å². The van der Waals surface area contributed by atoms with Crippen molar-refractivity contribution in [2.24, 2.45) is 0 Å². The van der Waals surface area contributed by atoms with E-state index in [1.165, 1.54) is 23.9 Å². The van der Waals surface area contributed by atoms with E-state index in [1.54, 1.807) is 12.1 Å². The lowest BCUT2D eigenvalue weighted by molar-refractivity contribution is -0.00677. The van der Waals surface area contributed by atoms with Crippen LogP contribution in [0.15, 0.2) is 35.3 Å². The number of ether oxygens (including phenoxy) is 1. The number of para-hydroxylation sites is 1. The van der Waals surface area contributed by atoms with Crippen molar-refractivity contribution >= 4 is 23.5 Å². The highest BCUT2D eigenvalue weighted by Crippen LogP contribution is 2.30. The molecule has 2 aromatic rings. The third-order valence-electron chi connectivity index (χ3n) is 3.26. The average molecular weight is 403 g/mol. The Morgan fingerprint density at radius 2 is 2.11 bits per heavy atom. The Morgan fingerprint density at radius 1 is 1.44 bits per heavy atom. The van der Waals surface area contributed by atoms with E-state index in [0.29, 0.717) is 5.75 Å². The van der Waals surface area contributed by atoms with E-state index in [4.69, 9.17) is 25.8 Å². The van der Waals surface area contributed by atoms with Gasteiger partial charge in [0.25, 0.3) is 0 Å². The van der Waals surface area contributed by atoms with E-state index in [0.717, 1.165) is 10.8 Å². The van der Waals surface area contributed by atoms with E-state index in [1.807, 2.05) is 0 Å². The number of halogens is 1. The summed E-state index contributed by atoms with van der Waals surface area (Å²) in [5.74, 6) is -2.05. The van der Waals surface area contributed by atoms with E-state index in [2.05, 4.69) is 4.98 Å². The molecule has 1 aliphatic rings. The topological polar surface area (TPSA) is 179 Å². The van der Waals surface area contributed by atoms with Gasteiger partial charge in [-0.1, -0.05) is 12.1 Å². The van der Waals surface area contributed by atoms with Crippen LogP contribution in [0.4, 0.5) is 10.2 Å². The SMILES string of the molecule is Nc1nc(=O)n([C@@H]2CS[C@H](CO)O2)cc1F.O.O=C(O)c1ccccc1O. The Hall–Kier alpha value is -2.67. The third-order valence-corrected chi connectivity index (χ3v) is 4.37. The van der Waals surface area contributed by atoms with Crippen molar-refractivity contribution in [3.8, 4) is 5.75 Å². The van der Waals surface area contributed by atoms with Gasteiger partial charge in [0.05, 0.1) is 12.8 Å². The number of anilines is 1. The zero-order valence-corrected chi connectivity index (χ0v) is 14.6. The Kier molecular flexibility index (Phi) is 8.18. The second-order valence-electron chi connectivity index (χ2n) is 5.02. The second-order valence-corrected chi connectivity index (χ2v) is 6.21. The molecule has 0 bridgehead atoms. The number of aromatic nitrogens is 2. The summed E-state index contributed by atoms with van der Waals surface area (Å²) in [6, 6.07) is 5.81. The van der Waals surface area contributed by atoms with Crippen LogP contribution >= 0.6 is 11.8 Å². The predicted molar refractivity (Wildman–Crippen MR) is 95.0 cm³/mol. The number of carboxylic acid groups (broad SMARTS) is 1. The molecule has 1 aromatic heterocycles. The number of benzene rings is 1. The van der Waals surface area contributed by atoms with Crippen molar-refractivity contribution in [3.63, 3.8) is 0 Å². The number of nitrogens with zero attached hydrogens (tertiary/aromatic N) is 2. The zero-order valence-electron chi connectivity index (χ0n) is 13.8. The minimum absolute atomic E-state index is 0. The number of nitrogens with two attached hydrogens (primary N) is 1. The summed E-state index contributed by atoms with van der Waals surface area (Å²) in [5, 5.41) is 26.2. The minimum Gasteiger partial charge on any atom is -0.507 e. The number of phenols is 1. The number of aromatic carboxylic acids is 1. The monoisotopic (exact) mass is 403 g/mol. The highest BCUT2D eigenvalue weighted by molar-refractivity contribution is 8.00. The number of hydrogen-bond acceptors (Lipinski definition) is 8. The number of nitrogen functional groups attached to an aromatic ring is 1. The molecule has 7 N–H and O–H groups in total. The summed E-state index contributed by atoms with van der Waals surface area (Å²) in [7, 11) is 0. The van der Waals surface area contributed by atoms with Gasteiger partial charge in [-0.2, -0.15) is 4.98 Å². The molecule has 0 unspecified atom stereocenters. The number of hydrogen-bond donors (Lipinski definition) is 4. The van der Waals surface area contributed by atoms with Gasteiger partial charge in [0.2, 0.25) is 0 Å². The maximum Gasteiger partial charge on any atom is 0.351 e. The molecule has 1 aliphatic heterocycles. The maximum atomic E-state index is 13.1. The van der Waals surface area contributed by atoms with Crippen molar-refractivity contribution in [1.82, 2.24) is 9.55 Å². The molecule has 3 rings (SSSR count). The molecular formula is C15H18FN3O7S. The average Bonchev–Trinajstić information content (AvgIpc) is 3.08. The van der Waals surface area contributed by atoms with Gasteiger partial charge < -0.3 is 31.3 Å². The molecule has 0 amide bonds. The van der Waals surface area contributed by atoms with Crippen LogP contribution in [-0.4, -0.2) is 54.1 Å². The number of rotatable bonds is 3. The lowest BCUT2D eigenvalue weighted by atomic mass is 10.2. The molecule has 148 valence electrons. The summed E-state index contributed by atoms with van der Waals surface area (Å²) in [6.45, 7) is -0.152. The number of carbonyl (C=O) groups is 1. The van der Waals surface area contributed by atoms with Gasteiger partial charge in [0, 0.05) is 5.75 Å². The van der Waals surface area contributed by atoms with Crippen LogP contribution in [0.2, 0.25) is 0 Å². The van der Waals surface area contributed by atoms with Crippen LogP contribution in [0.25, 0.3) is 0 Å². The summed E-state index contributed by atoms with van der Waals surface area (Å²) in [4.78, 5) is 25.0. The summed E-state index contributed by atoms with van der Waals surface area (Å²) in [6.07, 6.45) is 0.354. The number of thioether (sulfide) groups is 1. The Bertz CT molecular complexity index is 848. The lowest BCUT2D eigenvalue weighted by Gasteiger charge is -2.13. The first-order valence-electron chi connectivity index (χ1n) is 7.26. The fourth-order valence-electron chi connectivity index (χ4n) is 2.00. The molecule has 1 aromatic carbocycles. The van der Waals surface area contributed by atoms with Gasteiger partial charge in [-0.3, -0.25) is 4.57 Å². The smallest absolute Gasteiger partial charge is 0.351 e. The molecule has 0 aliphatic carbocycles. The molecule has 27 heavy (non-hydrogen) atoms. The van der Waals surface area contributed by atoms with Crippen LogP contribution in [0.1, 0.15) is 16.6 Å². The van der Waals surface area contributed by atoms with E-state index >= 15 is 0 Å². The minimum atomic E-state index is -1.11. The Balaban J connectivity index is 0.000000288. The van der Waals surface area contributed by atoms with Crippen LogP contribution in [-0.2, 0) is 4.74 Å². The zero-order chi connectivity index (χ0) is 19.3. The fraction of sp³-hybridized carbons (Fsp3) is 0.267. The third kappa shape index (κ3) is 5.65. The number of aromatic hydroxyl groups is 1.